The van der Waals surface area contributed by atoms with Crippen LogP contribution in [-0.4, -0.2) is 4.21 Å². The standard InChI is InChI=1S/C6H2I3NOS/c7-3-1-4(8)6(10-12-11)5(9)2-3/h1-2H. The summed E-state index contributed by atoms with van der Waals surface area (Å²) in [6.45, 7) is 0. The van der Waals surface area contributed by atoms with Gasteiger partial charge in [0.15, 0.2) is 0 Å². The maximum absolute atomic E-state index is 10.2. The van der Waals surface area contributed by atoms with Crippen LogP contribution in [0.1, 0.15) is 0 Å². The van der Waals surface area contributed by atoms with Gasteiger partial charge in [0.1, 0.15) is 5.69 Å². The first-order chi connectivity index (χ1) is 5.65. The molecule has 0 amide bonds. The Morgan fingerprint density at radius 2 is 1.67 bits per heavy atom. The van der Waals surface area contributed by atoms with Gasteiger partial charge in [0.05, 0.1) is 0 Å². The molecule has 1 aromatic carbocycles. The van der Waals surface area contributed by atoms with E-state index in [0.717, 1.165) is 16.4 Å². The Balaban J connectivity index is 3.37. The van der Waals surface area contributed by atoms with Gasteiger partial charge in [-0.1, -0.05) is 0 Å². The highest BCUT2D eigenvalue weighted by Gasteiger charge is 2.04. The second-order valence-electron chi connectivity index (χ2n) is 1.88. The lowest BCUT2D eigenvalue weighted by Gasteiger charge is -2.00. The van der Waals surface area contributed by atoms with Gasteiger partial charge in [0.2, 0.25) is 11.5 Å². The van der Waals surface area contributed by atoms with Crippen LogP contribution in [0.2, 0.25) is 0 Å². The van der Waals surface area contributed by atoms with E-state index in [0.29, 0.717) is 0 Å². The van der Waals surface area contributed by atoms with Crippen molar-refractivity contribution < 1.29 is 4.21 Å². The minimum absolute atomic E-state index is 0.252. The highest BCUT2D eigenvalue weighted by atomic mass is 127. The van der Waals surface area contributed by atoms with Gasteiger partial charge in [-0.25, -0.2) is 0 Å². The van der Waals surface area contributed by atoms with Crippen LogP contribution in [0.3, 0.4) is 0 Å². The third-order valence-electron chi connectivity index (χ3n) is 1.11. The molecule has 2 nitrogen and oxygen atoms in total. The summed E-state index contributed by atoms with van der Waals surface area (Å²) in [5.74, 6) is 0. The summed E-state index contributed by atoms with van der Waals surface area (Å²) in [5.41, 5.74) is 0.789. The molecule has 0 radical (unpaired) electrons. The molecule has 0 aliphatic heterocycles. The quantitative estimate of drug-likeness (QED) is 0.525. The van der Waals surface area contributed by atoms with Gasteiger partial charge in [-0.05, 0) is 79.9 Å². The lowest BCUT2D eigenvalue weighted by atomic mass is 10.3. The van der Waals surface area contributed by atoms with Gasteiger partial charge >= 0.3 is 0 Å². The molecule has 0 atom stereocenters. The molecule has 0 heterocycles. The Labute approximate surface area is 115 Å². The monoisotopic (exact) mass is 517 g/mol. The first-order valence-corrected chi connectivity index (χ1v) is 6.73. The van der Waals surface area contributed by atoms with Crippen molar-refractivity contribution in [2.75, 3.05) is 0 Å². The van der Waals surface area contributed by atoms with Crippen LogP contribution in [0.15, 0.2) is 16.5 Å². The third-order valence-corrected chi connectivity index (χ3v) is 3.63. The van der Waals surface area contributed by atoms with Crippen LogP contribution in [0.4, 0.5) is 5.69 Å². The highest BCUT2D eigenvalue weighted by Crippen LogP contribution is 2.29. The molecule has 12 heavy (non-hydrogen) atoms. The van der Waals surface area contributed by atoms with E-state index in [9.17, 15) is 4.21 Å². The highest BCUT2D eigenvalue weighted by molar-refractivity contribution is 14.1. The summed E-state index contributed by atoms with van der Waals surface area (Å²) in [5, 5.41) is 0. The first kappa shape index (κ1) is 11.3. The zero-order valence-electron chi connectivity index (χ0n) is 5.55. The van der Waals surface area contributed by atoms with Crippen molar-refractivity contribution in [2.45, 2.75) is 0 Å². The van der Waals surface area contributed by atoms with E-state index >= 15 is 0 Å². The molecule has 1 rings (SSSR count). The van der Waals surface area contributed by atoms with Crippen molar-refractivity contribution in [3.8, 4) is 0 Å². The van der Waals surface area contributed by atoms with E-state index in [1.165, 1.54) is 0 Å². The van der Waals surface area contributed by atoms with Crippen molar-refractivity contribution in [2.24, 2.45) is 4.36 Å². The number of rotatable bonds is 1. The average molecular weight is 517 g/mol. The molecule has 0 bridgehead atoms. The molecule has 6 heteroatoms. The topological polar surface area (TPSA) is 29.4 Å². The zero-order chi connectivity index (χ0) is 9.14. The molecular weight excluding hydrogens is 515 g/mol. The van der Waals surface area contributed by atoms with E-state index in [1.807, 2.05) is 12.1 Å². The predicted octanol–water partition coefficient (Wildman–Crippen LogP) is 3.53. The van der Waals surface area contributed by atoms with Crippen LogP contribution < -0.4 is 0 Å². The minimum Gasteiger partial charge on any atom is -0.191 e. The van der Waals surface area contributed by atoms with E-state index < -0.39 is 0 Å². The van der Waals surface area contributed by atoms with Gasteiger partial charge in [0.25, 0.3) is 0 Å². The van der Waals surface area contributed by atoms with Crippen LogP contribution in [-0.2, 0) is 11.5 Å². The Morgan fingerprint density at radius 3 is 2.08 bits per heavy atom. The fraction of sp³-hybridized carbons (Fsp3) is 0. The Hall–Kier alpha value is 1.23. The van der Waals surface area contributed by atoms with Crippen molar-refractivity contribution in [1.29, 1.82) is 0 Å². The van der Waals surface area contributed by atoms with Crippen molar-refractivity contribution in [1.82, 2.24) is 0 Å². The summed E-state index contributed by atoms with van der Waals surface area (Å²) >= 11 is 6.85. The first-order valence-electron chi connectivity index (χ1n) is 2.79. The average Bonchev–Trinajstić information content (AvgIpc) is 1.96. The Kier molecular flexibility index (Phi) is 4.89. The van der Waals surface area contributed by atoms with Gasteiger partial charge in [0, 0.05) is 10.7 Å². The second kappa shape index (κ2) is 5.20. The van der Waals surface area contributed by atoms with Gasteiger partial charge in [-0.3, -0.25) is 0 Å². The smallest absolute Gasteiger partial charge is 0.191 e. The molecule has 0 saturated heterocycles. The third kappa shape index (κ3) is 2.87. The molecule has 1 aromatic rings. The van der Waals surface area contributed by atoms with Crippen LogP contribution >= 0.6 is 67.8 Å². The van der Waals surface area contributed by atoms with Crippen LogP contribution in [0.5, 0.6) is 0 Å². The second-order valence-corrected chi connectivity index (χ2v) is 5.79. The molecule has 0 unspecified atom stereocenters. The van der Waals surface area contributed by atoms with Gasteiger partial charge in [-0.2, -0.15) is 8.57 Å². The molecule has 0 aliphatic carbocycles. The summed E-state index contributed by atoms with van der Waals surface area (Å²) in [4.78, 5) is 0. The maximum Gasteiger partial charge on any atom is 0.205 e. The summed E-state index contributed by atoms with van der Waals surface area (Å²) < 4.78 is 17.2. The molecule has 0 aromatic heterocycles. The molecule has 0 spiro atoms. The molecule has 0 N–H and O–H groups in total. The number of hydrogen-bond acceptors (Lipinski definition) is 2. The molecule has 0 fully saturated rings. The van der Waals surface area contributed by atoms with Gasteiger partial charge < -0.3 is 0 Å². The summed E-state index contributed by atoms with van der Waals surface area (Å²) in [7, 11) is 0. The number of benzene rings is 1. The summed E-state index contributed by atoms with van der Waals surface area (Å²) in [6, 6.07) is 4.00. The molecular formula is C6H2I3NOS. The lowest BCUT2D eigenvalue weighted by Crippen LogP contribution is -1.81. The normalized spacial score (nSPS) is 9.58. The van der Waals surface area contributed by atoms with Crippen molar-refractivity contribution in [3.63, 3.8) is 0 Å². The van der Waals surface area contributed by atoms with Gasteiger partial charge in [-0.15, -0.1) is 0 Å². The van der Waals surface area contributed by atoms with E-state index in [4.69, 9.17) is 0 Å². The fourth-order valence-electron chi connectivity index (χ4n) is 0.659. The number of hydrogen-bond donors (Lipinski definition) is 0. The van der Waals surface area contributed by atoms with Crippen LogP contribution in [0, 0.1) is 10.7 Å². The predicted molar refractivity (Wildman–Crippen MR) is 74.8 cm³/mol. The lowest BCUT2D eigenvalue weighted by molar-refractivity contribution is 0.698. The molecule has 0 aliphatic rings. The molecule has 0 saturated carbocycles. The fourth-order valence-corrected chi connectivity index (χ4v) is 5.08. The van der Waals surface area contributed by atoms with Crippen LogP contribution in [0.25, 0.3) is 0 Å². The molecule has 64 valence electrons. The Bertz CT molecular complexity index is 339. The maximum atomic E-state index is 10.2. The van der Waals surface area contributed by atoms with Crippen molar-refractivity contribution >= 4 is 84.9 Å². The minimum atomic E-state index is 0.252. The zero-order valence-corrected chi connectivity index (χ0v) is 12.8. The Morgan fingerprint density at radius 1 is 1.17 bits per heavy atom. The van der Waals surface area contributed by atoms with Crippen molar-refractivity contribution in [3.05, 3.63) is 22.8 Å². The SMILES string of the molecule is O=S=Nc1c(I)cc(I)cc1I. The van der Waals surface area contributed by atoms with E-state index in [-0.39, 0.29) is 11.5 Å². The van der Waals surface area contributed by atoms with E-state index in [2.05, 4.69) is 72.1 Å². The summed E-state index contributed by atoms with van der Waals surface area (Å²) in [6.07, 6.45) is 0. The number of halogens is 3. The largest absolute Gasteiger partial charge is 0.205 e. The van der Waals surface area contributed by atoms with E-state index in [1.54, 1.807) is 0 Å². The number of nitrogens with zero attached hydrogens (tertiary/aromatic N) is 1.